The second-order valence-corrected chi connectivity index (χ2v) is 8.87. The van der Waals surface area contributed by atoms with Gasteiger partial charge in [0.15, 0.2) is 0 Å². The molecule has 9 heteroatoms. The third-order valence-corrected chi connectivity index (χ3v) is 5.78. The molecular formula is C19H22Cl2N2O4S. The number of hydrogen-bond donors (Lipinski definition) is 1. The molecular weight excluding hydrogens is 423 g/mol. The van der Waals surface area contributed by atoms with E-state index in [9.17, 15) is 13.2 Å². The Kier molecular flexibility index (Phi) is 7.98. The molecule has 0 saturated heterocycles. The van der Waals surface area contributed by atoms with Crippen molar-refractivity contribution in [2.75, 3.05) is 24.2 Å². The van der Waals surface area contributed by atoms with Gasteiger partial charge in [-0.2, -0.15) is 0 Å². The van der Waals surface area contributed by atoms with Crippen molar-refractivity contribution in [3.8, 4) is 5.75 Å². The molecule has 0 aliphatic heterocycles. The monoisotopic (exact) mass is 444 g/mol. The van der Waals surface area contributed by atoms with Crippen molar-refractivity contribution in [2.45, 2.75) is 19.4 Å². The van der Waals surface area contributed by atoms with Gasteiger partial charge in [-0.1, -0.05) is 41.4 Å². The SMILES string of the molecule is COc1ccccc1N(CCCC(=O)NCc1ccc(Cl)cc1Cl)S(C)(=O)=O. The van der Waals surface area contributed by atoms with E-state index in [1.807, 2.05) is 0 Å². The van der Waals surface area contributed by atoms with E-state index in [1.54, 1.807) is 42.5 Å². The van der Waals surface area contributed by atoms with Crippen LogP contribution in [0.15, 0.2) is 42.5 Å². The first-order valence-corrected chi connectivity index (χ1v) is 11.1. The Hall–Kier alpha value is -1.96. The van der Waals surface area contributed by atoms with Gasteiger partial charge in [0.25, 0.3) is 0 Å². The maximum absolute atomic E-state index is 12.2. The Balaban J connectivity index is 1.94. The quantitative estimate of drug-likeness (QED) is 0.636. The lowest BCUT2D eigenvalue weighted by Gasteiger charge is -2.24. The topological polar surface area (TPSA) is 75.7 Å². The van der Waals surface area contributed by atoms with Gasteiger partial charge >= 0.3 is 0 Å². The van der Waals surface area contributed by atoms with Crippen molar-refractivity contribution in [1.82, 2.24) is 5.32 Å². The molecule has 0 aliphatic rings. The van der Waals surface area contributed by atoms with Gasteiger partial charge in [0.2, 0.25) is 15.9 Å². The highest BCUT2D eigenvalue weighted by Crippen LogP contribution is 2.29. The molecule has 1 amide bonds. The van der Waals surface area contributed by atoms with Gasteiger partial charge in [0.05, 0.1) is 19.1 Å². The second kappa shape index (κ2) is 10.0. The molecule has 28 heavy (non-hydrogen) atoms. The summed E-state index contributed by atoms with van der Waals surface area (Å²) in [6.45, 7) is 0.436. The number of amides is 1. The number of nitrogens with zero attached hydrogens (tertiary/aromatic N) is 1. The number of rotatable bonds is 9. The number of nitrogens with one attached hydrogen (secondary N) is 1. The molecule has 1 N–H and O–H groups in total. The number of carbonyl (C=O) groups excluding carboxylic acids is 1. The van der Waals surface area contributed by atoms with Crippen molar-refractivity contribution >= 4 is 44.8 Å². The first kappa shape index (κ1) is 22.3. The van der Waals surface area contributed by atoms with E-state index in [0.29, 0.717) is 27.9 Å². The van der Waals surface area contributed by atoms with E-state index in [-0.39, 0.29) is 25.4 Å². The van der Waals surface area contributed by atoms with E-state index in [4.69, 9.17) is 27.9 Å². The molecule has 2 aromatic carbocycles. The molecule has 0 unspecified atom stereocenters. The Morgan fingerprint density at radius 3 is 2.54 bits per heavy atom. The maximum atomic E-state index is 12.2. The number of benzene rings is 2. The number of para-hydroxylation sites is 2. The molecule has 0 atom stereocenters. The van der Waals surface area contributed by atoms with Crippen LogP contribution in [-0.2, 0) is 21.4 Å². The summed E-state index contributed by atoms with van der Waals surface area (Å²) >= 11 is 11.9. The Morgan fingerprint density at radius 2 is 1.89 bits per heavy atom. The molecule has 0 aliphatic carbocycles. The lowest BCUT2D eigenvalue weighted by molar-refractivity contribution is -0.121. The van der Waals surface area contributed by atoms with Gasteiger partial charge in [-0.15, -0.1) is 0 Å². The van der Waals surface area contributed by atoms with E-state index < -0.39 is 10.0 Å². The van der Waals surface area contributed by atoms with Crippen LogP contribution in [0, 0.1) is 0 Å². The minimum absolute atomic E-state index is 0.161. The van der Waals surface area contributed by atoms with E-state index in [2.05, 4.69) is 5.32 Å². The minimum Gasteiger partial charge on any atom is -0.495 e. The number of halogens is 2. The number of methoxy groups -OCH3 is 1. The van der Waals surface area contributed by atoms with E-state index in [1.165, 1.54) is 11.4 Å². The minimum atomic E-state index is -3.52. The van der Waals surface area contributed by atoms with Crippen LogP contribution in [0.5, 0.6) is 5.75 Å². The fourth-order valence-electron chi connectivity index (χ4n) is 2.63. The summed E-state index contributed by atoms with van der Waals surface area (Å²) in [4.78, 5) is 12.1. The Bertz CT molecular complexity index is 935. The highest BCUT2D eigenvalue weighted by atomic mass is 35.5. The van der Waals surface area contributed by atoms with Crippen LogP contribution < -0.4 is 14.4 Å². The molecule has 152 valence electrons. The van der Waals surface area contributed by atoms with Crippen LogP contribution in [0.2, 0.25) is 10.0 Å². The van der Waals surface area contributed by atoms with Gasteiger partial charge < -0.3 is 10.1 Å². The molecule has 2 aromatic rings. The van der Waals surface area contributed by atoms with Crippen LogP contribution >= 0.6 is 23.2 Å². The summed E-state index contributed by atoms with van der Waals surface area (Å²) in [5.41, 5.74) is 1.20. The first-order valence-electron chi connectivity index (χ1n) is 8.53. The van der Waals surface area contributed by atoms with Crippen LogP contribution in [-0.4, -0.2) is 34.2 Å². The fourth-order valence-corrected chi connectivity index (χ4v) is 4.08. The van der Waals surface area contributed by atoms with Gasteiger partial charge in [-0.3, -0.25) is 9.10 Å². The van der Waals surface area contributed by atoms with Crippen LogP contribution in [0.3, 0.4) is 0 Å². The highest BCUT2D eigenvalue weighted by Gasteiger charge is 2.20. The van der Waals surface area contributed by atoms with Crippen LogP contribution in [0.4, 0.5) is 5.69 Å². The molecule has 6 nitrogen and oxygen atoms in total. The number of hydrogen-bond acceptors (Lipinski definition) is 4. The molecule has 0 saturated carbocycles. The molecule has 0 radical (unpaired) electrons. The predicted molar refractivity (Wildman–Crippen MR) is 113 cm³/mol. The summed E-state index contributed by atoms with van der Waals surface area (Å²) < 4.78 is 30.9. The number of sulfonamides is 1. The lowest BCUT2D eigenvalue weighted by atomic mass is 10.2. The zero-order valence-electron chi connectivity index (χ0n) is 15.6. The number of ether oxygens (including phenoxy) is 1. The number of anilines is 1. The smallest absolute Gasteiger partial charge is 0.232 e. The summed E-state index contributed by atoms with van der Waals surface area (Å²) in [6, 6.07) is 11.9. The molecule has 0 fully saturated rings. The lowest BCUT2D eigenvalue weighted by Crippen LogP contribution is -2.32. The highest BCUT2D eigenvalue weighted by molar-refractivity contribution is 7.92. The summed E-state index contributed by atoms with van der Waals surface area (Å²) in [5.74, 6) is 0.259. The van der Waals surface area contributed by atoms with Crippen LogP contribution in [0.25, 0.3) is 0 Å². The van der Waals surface area contributed by atoms with Crippen molar-refractivity contribution in [1.29, 1.82) is 0 Å². The molecule has 0 heterocycles. The van der Waals surface area contributed by atoms with Gasteiger partial charge in [0, 0.05) is 29.6 Å². The normalized spacial score (nSPS) is 11.1. The molecule has 0 spiro atoms. The third-order valence-electron chi connectivity index (χ3n) is 4.01. The first-order chi connectivity index (χ1) is 13.2. The Labute approximate surface area is 175 Å². The zero-order valence-corrected chi connectivity index (χ0v) is 17.9. The molecule has 0 bridgehead atoms. The predicted octanol–water partition coefficient (Wildman–Crippen LogP) is 3.86. The standard InChI is InChI=1S/C19H22Cl2N2O4S/c1-27-18-7-4-3-6-17(18)23(28(2,25)26)11-5-8-19(24)22-13-14-9-10-15(20)12-16(14)21/h3-4,6-7,9-10,12H,5,8,11,13H2,1-2H3,(H,22,24). The average molecular weight is 445 g/mol. The van der Waals surface area contributed by atoms with Crippen molar-refractivity contribution < 1.29 is 17.9 Å². The summed E-state index contributed by atoms with van der Waals surface area (Å²) in [6.07, 6.45) is 1.65. The maximum Gasteiger partial charge on any atom is 0.232 e. The number of carbonyl (C=O) groups is 1. The summed E-state index contributed by atoms with van der Waals surface area (Å²) in [7, 11) is -2.04. The van der Waals surface area contributed by atoms with Gasteiger partial charge in [-0.25, -0.2) is 8.42 Å². The third kappa shape index (κ3) is 6.29. The fraction of sp³-hybridized carbons (Fsp3) is 0.316. The molecule has 0 aromatic heterocycles. The average Bonchev–Trinajstić information content (AvgIpc) is 2.63. The van der Waals surface area contributed by atoms with Crippen molar-refractivity contribution in [3.05, 3.63) is 58.1 Å². The van der Waals surface area contributed by atoms with Gasteiger partial charge in [0.1, 0.15) is 5.75 Å². The van der Waals surface area contributed by atoms with E-state index >= 15 is 0 Å². The second-order valence-electron chi connectivity index (χ2n) is 6.12. The molecule has 2 rings (SSSR count). The Morgan fingerprint density at radius 1 is 1.18 bits per heavy atom. The van der Waals surface area contributed by atoms with Gasteiger partial charge in [-0.05, 0) is 36.2 Å². The van der Waals surface area contributed by atoms with Crippen molar-refractivity contribution in [2.24, 2.45) is 0 Å². The summed E-state index contributed by atoms with van der Waals surface area (Å²) in [5, 5.41) is 3.78. The largest absolute Gasteiger partial charge is 0.495 e. The van der Waals surface area contributed by atoms with Crippen LogP contribution in [0.1, 0.15) is 18.4 Å². The zero-order chi connectivity index (χ0) is 20.7. The van der Waals surface area contributed by atoms with Crippen molar-refractivity contribution in [3.63, 3.8) is 0 Å². The van der Waals surface area contributed by atoms with E-state index in [0.717, 1.165) is 11.8 Å².